The maximum Gasteiger partial charge on any atom is 0.305 e. The van der Waals surface area contributed by atoms with E-state index in [1.165, 1.54) is 83.5 Å². The fourth-order valence-electron chi connectivity index (χ4n) is 3.13. The standard InChI is InChI=1S/C23H46O3/c1-4-5-6-7-8-9-10-11-12-13-14-15-16-17-18-19-22(24)26-21-20-23(2,3)25/h25H,4-21H2,1-3H3. The molecule has 0 rings (SSSR count). The van der Waals surface area contributed by atoms with E-state index in [2.05, 4.69) is 6.92 Å². The molecule has 0 bridgehead atoms. The average molecular weight is 371 g/mol. The lowest BCUT2D eigenvalue weighted by Crippen LogP contribution is -2.22. The Bertz CT molecular complexity index is 307. The molecular weight excluding hydrogens is 324 g/mol. The zero-order chi connectivity index (χ0) is 19.5. The smallest absolute Gasteiger partial charge is 0.305 e. The Morgan fingerprint density at radius 3 is 1.50 bits per heavy atom. The van der Waals surface area contributed by atoms with Gasteiger partial charge in [0.2, 0.25) is 0 Å². The number of carbonyl (C=O) groups excluding carboxylic acids is 1. The van der Waals surface area contributed by atoms with Gasteiger partial charge in [0.15, 0.2) is 0 Å². The first kappa shape index (κ1) is 25.4. The van der Waals surface area contributed by atoms with E-state index in [1.807, 2.05) is 0 Å². The van der Waals surface area contributed by atoms with Crippen molar-refractivity contribution >= 4 is 5.97 Å². The first-order valence-corrected chi connectivity index (χ1v) is 11.3. The van der Waals surface area contributed by atoms with Gasteiger partial charge in [-0.1, -0.05) is 96.8 Å². The zero-order valence-electron chi connectivity index (χ0n) is 18.0. The summed E-state index contributed by atoms with van der Waals surface area (Å²) in [7, 11) is 0. The molecule has 0 saturated carbocycles. The normalized spacial score (nSPS) is 11.7. The third-order valence-corrected chi connectivity index (χ3v) is 4.96. The van der Waals surface area contributed by atoms with Crippen molar-refractivity contribution in [1.29, 1.82) is 0 Å². The second-order valence-corrected chi connectivity index (χ2v) is 8.48. The van der Waals surface area contributed by atoms with Crippen LogP contribution in [0.5, 0.6) is 0 Å². The van der Waals surface area contributed by atoms with Gasteiger partial charge in [0.25, 0.3) is 0 Å². The van der Waals surface area contributed by atoms with Gasteiger partial charge in [-0.3, -0.25) is 4.79 Å². The number of ether oxygens (including phenoxy) is 1. The molecule has 0 unspecified atom stereocenters. The molecule has 0 aromatic carbocycles. The SMILES string of the molecule is CCCCCCCCCCCCCCCCCC(=O)OCCC(C)(C)O. The Kier molecular flexibility index (Phi) is 17.4. The highest BCUT2D eigenvalue weighted by Gasteiger charge is 2.13. The molecule has 0 spiro atoms. The van der Waals surface area contributed by atoms with Gasteiger partial charge in [0, 0.05) is 12.8 Å². The third kappa shape index (κ3) is 21.5. The first-order valence-electron chi connectivity index (χ1n) is 11.3. The van der Waals surface area contributed by atoms with E-state index < -0.39 is 5.60 Å². The quantitative estimate of drug-likeness (QED) is 0.198. The van der Waals surface area contributed by atoms with E-state index in [0.29, 0.717) is 19.4 Å². The number of esters is 1. The van der Waals surface area contributed by atoms with Crippen molar-refractivity contribution < 1.29 is 14.6 Å². The molecule has 156 valence electrons. The van der Waals surface area contributed by atoms with Gasteiger partial charge in [-0.2, -0.15) is 0 Å². The predicted molar refractivity (Wildman–Crippen MR) is 111 cm³/mol. The monoisotopic (exact) mass is 370 g/mol. The molecule has 0 radical (unpaired) electrons. The Hall–Kier alpha value is -0.570. The summed E-state index contributed by atoms with van der Waals surface area (Å²) in [4.78, 5) is 11.6. The molecule has 0 aliphatic rings. The molecular formula is C23H46O3. The van der Waals surface area contributed by atoms with Crippen LogP contribution in [0.1, 0.15) is 130 Å². The van der Waals surface area contributed by atoms with E-state index >= 15 is 0 Å². The Labute approximate surface area is 163 Å². The largest absolute Gasteiger partial charge is 0.466 e. The molecule has 3 nitrogen and oxygen atoms in total. The van der Waals surface area contributed by atoms with Crippen molar-refractivity contribution in [3.05, 3.63) is 0 Å². The van der Waals surface area contributed by atoms with Crippen LogP contribution < -0.4 is 0 Å². The number of aliphatic hydroxyl groups is 1. The van der Waals surface area contributed by atoms with E-state index in [4.69, 9.17) is 4.74 Å². The number of hydrogen-bond acceptors (Lipinski definition) is 3. The van der Waals surface area contributed by atoms with Crippen LogP contribution in [0.25, 0.3) is 0 Å². The van der Waals surface area contributed by atoms with Crippen molar-refractivity contribution in [3.8, 4) is 0 Å². The minimum atomic E-state index is -0.755. The van der Waals surface area contributed by atoms with Gasteiger partial charge in [-0.05, 0) is 20.3 Å². The van der Waals surface area contributed by atoms with Crippen LogP contribution in [0.2, 0.25) is 0 Å². The summed E-state index contributed by atoms with van der Waals surface area (Å²) in [6, 6.07) is 0. The summed E-state index contributed by atoms with van der Waals surface area (Å²) >= 11 is 0. The zero-order valence-corrected chi connectivity index (χ0v) is 18.0. The molecule has 0 amide bonds. The highest BCUT2D eigenvalue weighted by molar-refractivity contribution is 5.69. The molecule has 1 N–H and O–H groups in total. The third-order valence-electron chi connectivity index (χ3n) is 4.96. The van der Waals surface area contributed by atoms with Crippen LogP contribution in [0, 0.1) is 0 Å². The number of unbranched alkanes of at least 4 members (excludes halogenated alkanes) is 14. The highest BCUT2D eigenvalue weighted by Crippen LogP contribution is 2.14. The van der Waals surface area contributed by atoms with Gasteiger partial charge in [0.1, 0.15) is 0 Å². The van der Waals surface area contributed by atoms with Gasteiger partial charge in [-0.25, -0.2) is 0 Å². The molecule has 26 heavy (non-hydrogen) atoms. The maximum absolute atomic E-state index is 11.6. The number of hydrogen-bond donors (Lipinski definition) is 1. The number of rotatable bonds is 19. The highest BCUT2D eigenvalue weighted by atomic mass is 16.5. The molecule has 0 atom stereocenters. The second-order valence-electron chi connectivity index (χ2n) is 8.48. The molecule has 0 fully saturated rings. The van der Waals surface area contributed by atoms with Crippen molar-refractivity contribution in [1.82, 2.24) is 0 Å². The molecule has 0 aliphatic carbocycles. The van der Waals surface area contributed by atoms with Gasteiger partial charge in [0.05, 0.1) is 12.2 Å². The van der Waals surface area contributed by atoms with E-state index in [-0.39, 0.29) is 5.97 Å². The topological polar surface area (TPSA) is 46.5 Å². The van der Waals surface area contributed by atoms with Crippen LogP contribution in [-0.4, -0.2) is 23.3 Å². The van der Waals surface area contributed by atoms with E-state index in [1.54, 1.807) is 13.8 Å². The van der Waals surface area contributed by atoms with Crippen molar-refractivity contribution in [2.75, 3.05) is 6.61 Å². The average Bonchev–Trinajstić information content (AvgIpc) is 2.57. The summed E-state index contributed by atoms with van der Waals surface area (Å²) in [6.45, 7) is 6.06. The van der Waals surface area contributed by atoms with Crippen LogP contribution >= 0.6 is 0 Å². The summed E-state index contributed by atoms with van der Waals surface area (Å²) in [5.74, 6) is -0.121. The van der Waals surface area contributed by atoms with Gasteiger partial charge in [-0.15, -0.1) is 0 Å². The summed E-state index contributed by atoms with van der Waals surface area (Å²) in [5, 5.41) is 9.56. The number of carbonyl (C=O) groups is 1. The molecule has 0 saturated heterocycles. The minimum absolute atomic E-state index is 0.121. The fraction of sp³-hybridized carbons (Fsp3) is 0.957. The second kappa shape index (κ2) is 17.8. The lowest BCUT2D eigenvalue weighted by molar-refractivity contribution is -0.145. The van der Waals surface area contributed by atoms with Gasteiger partial charge >= 0.3 is 5.97 Å². The Morgan fingerprint density at radius 2 is 1.12 bits per heavy atom. The maximum atomic E-state index is 11.6. The van der Waals surface area contributed by atoms with Gasteiger partial charge < -0.3 is 9.84 Å². The van der Waals surface area contributed by atoms with Crippen LogP contribution in [0.15, 0.2) is 0 Å². The Morgan fingerprint density at radius 1 is 0.731 bits per heavy atom. The van der Waals surface area contributed by atoms with Crippen molar-refractivity contribution in [2.45, 2.75) is 136 Å². The summed E-state index contributed by atoms with van der Waals surface area (Å²) in [5.41, 5.74) is -0.755. The molecule has 0 aliphatic heterocycles. The summed E-state index contributed by atoms with van der Waals surface area (Å²) in [6.07, 6.45) is 21.0. The first-order chi connectivity index (χ1) is 12.5. The molecule has 0 heterocycles. The van der Waals surface area contributed by atoms with E-state index in [9.17, 15) is 9.90 Å². The van der Waals surface area contributed by atoms with Crippen LogP contribution in [-0.2, 0) is 9.53 Å². The lowest BCUT2D eigenvalue weighted by Gasteiger charge is -2.16. The van der Waals surface area contributed by atoms with Crippen LogP contribution in [0.4, 0.5) is 0 Å². The van der Waals surface area contributed by atoms with Crippen molar-refractivity contribution in [3.63, 3.8) is 0 Å². The van der Waals surface area contributed by atoms with Crippen LogP contribution in [0.3, 0.4) is 0 Å². The summed E-state index contributed by atoms with van der Waals surface area (Å²) < 4.78 is 5.14. The Balaban J connectivity index is 3.16. The minimum Gasteiger partial charge on any atom is -0.466 e. The van der Waals surface area contributed by atoms with E-state index in [0.717, 1.165) is 12.8 Å². The molecule has 0 aromatic heterocycles. The molecule has 3 heteroatoms. The predicted octanol–water partition coefficient (Wildman–Crippen LogP) is 6.95. The fourth-order valence-corrected chi connectivity index (χ4v) is 3.13. The lowest BCUT2D eigenvalue weighted by atomic mass is 10.0. The molecule has 0 aromatic rings. The van der Waals surface area contributed by atoms with Crippen molar-refractivity contribution in [2.24, 2.45) is 0 Å².